The van der Waals surface area contributed by atoms with Crippen LogP contribution in [-0.4, -0.2) is 81.9 Å². The fourth-order valence-electron chi connectivity index (χ4n) is 3.10. The Balaban J connectivity index is 2.14. The van der Waals surface area contributed by atoms with Crippen LogP contribution in [0.1, 0.15) is 41.7 Å². The van der Waals surface area contributed by atoms with E-state index < -0.39 is 12.1 Å². The van der Waals surface area contributed by atoms with Crippen LogP contribution >= 0.6 is 0 Å². The Morgan fingerprint density at radius 1 is 1.39 bits per heavy atom. The average Bonchev–Trinajstić information content (AvgIpc) is 3.17. The largest absolute Gasteiger partial charge is 0.465 e. The number of pyridine rings is 1. The molecule has 1 aliphatic rings. The van der Waals surface area contributed by atoms with Crippen LogP contribution in [0.4, 0.5) is 16.3 Å². The van der Waals surface area contributed by atoms with E-state index in [4.69, 9.17) is 19.9 Å². The number of rotatable bonds is 11. The number of amides is 1. The highest BCUT2D eigenvalue weighted by Gasteiger charge is 2.27. The van der Waals surface area contributed by atoms with Gasteiger partial charge in [-0.3, -0.25) is 5.01 Å². The fourth-order valence-corrected chi connectivity index (χ4v) is 3.10. The van der Waals surface area contributed by atoms with Crippen molar-refractivity contribution in [3.63, 3.8) is 0 Å². The van der Waals surface area contributed by atoms with Crippen LogP contribution < -0.4 is 16.4 Å². The molecule has 1 amide bonds. The number of hydrogen-bond acceptors (Lipinski definition) is 10. The van der Waals surface area contributed by atoms with E-state index in [-0.39, 0.29) is 29.8 Å². The summed E-state index contributed by atoms with van der Waals surface area (Å²) < 4.78 is 15.2. The van der Waals surface area contributed by atoms with E-state index in [9.17, 15) is 9.59 Å². The second-order valence-electron chi connectivity index (χ2n) is 7.23. The smallest absolute Gasteiger partial charge is 0.407 e. The Labute approximate surface area is 182 Å². The van der Waals surface area contributed by atoms with Gasteiger partial charge in [-0.1, -0.05) is 13.3 Å². The van der Waals surface area contributed by atoms with Gasteiger partial charge >= 0.3 is 12.1 Å². The number of methoxy groups -OCH3 is 2. The number of hydrogen-bond donors (Lipinski definition) is 3. The number of aromatic nitrogens is 1. The van der Waals surface area contributed by atoms with Crippen molar-refractivity contribution in [1.82, 2.24) is 15.3 Å². The first kappa shape index (κ1) is 24.2. The molecule has 0 aliphatic carbocycles. The van der Waals surface area contributed by atoms with Crippen molar-refractivity contribution in [2.75, 3.05) is 58.6 Å². The Bertz CT molecular complexity index is 788. The van der Waals surface area contributed by atoms with E-state index in [0.717, 1.165) is 12.8 Å². The van der Waals surface area contributed by atoms with E-state index in [0.29, 0.717) is 31.2 Å². The van der Waals surface area contributed by atoms with Crippen LogP contribution in [0.3, 0.4) is 0 Å². The highest BCUT2D eigenvalue weighted by molar-refractivity contribution is 5.98. The summed E-state index contributed by atoms with van der Waals surface area (Å²) in [6.45, 7) is 3.55. The number of nitrogen functional groups attached to an aromatic ring is 1. The van der Waals surface area contributed by atoms with Crippen LogP contribution in [0.25, 0.3) is 0 Å². The van der Waals surface area contributed by atoms with Gasteiger partial charge in [-0.25, -0.2) is 14.6 Å². The molecule has 11 heteroatoms. The molecule has 0 bridgehead atoms. The number of carbonyl (C=O) groups excluding carboxylic acids is 2. The van der Waals surface area contributed by atoms with Crippen molar-refractivity contribution in [3.8, 4) is 0 Å². The second kappa shape index (κ2) is 11.9. The fraction of sp³-hybridized carbons (Fsp3) is 0.600. The SMILES string of the molecule is CCCCOC(=O)N[C@H](CNc1cc(N)c(C(=O)OC)c(C2C=NN(C)C2)n1)COC. The summed E-state index contributed by atoms with van der Waals surface area (Å²) in [5.74, 6) is -0.293. The molecule has 0 saturated heterocycles. The average molecular weight is 437 g/mol. The number of carbonyl (C=O) groups is 2. The van der Waals surface area contributed by atoms with Crippen molar-refractivity contribution >= 4 is 29.8 Å². The van der Waals surface area contributed by atoms with Crippen molar-refractivity contribution in [2.24, 2.45) is 5.10 Å². The molecular weight excluding hydrogens is 404 g/mol. The highest BCUT2D eigenvalue weighted by Crippen LogP contribution is 2.28. The lowest BCUT2D eigenvalue weighted by molar-refractivity contribution is 0.0599. The molecule has 172 valence electrons. The lowest BCUT2D eigenvalue weighted by atomic mass is 10.00. The third-order valence-corrected chi connectivity index (χ3v) is 4.67. The molecule has 0 radical (unpaired) electrons. The zero-order chi connectivity index (χ0) is 22.8. The highest BCUT2D eigenvalue weighted by atomic mass is 16.5. The lowest BCUT2D eigenvalue weighted by Gasteiger charge is -2.20. The van der Waals surface area contributed by atoms with Gasteiger partial charge < -0.3 is 30.6 Å². The first-order valence-corrected chi connectivity index (χ1v) is 10.2. The van der Waals surface area contributed by atoms with Gasteiger partial charge in [-0.05, 0) is 6.42 Å². The van der Waals surface area contributed by atoms with E-state index in [2.05, 4.69) is 20.7 Å². The van der Waals surface area contributed by atoms with Crippen molar-refractivity contribution < 1.29 is 23.8 Å². The molecule has 0 spiro atoms. The molecule has 1 aromatic heterocycles. The summed E-state index contributed by atoms with van der Waals surface area (Å²) in [4.78, 5) is 28.8. The van der Waals surface area contributed by atoms with E-state index in [1.54, 1.807) is 24.4 Å². The molecule has 0 saturated carbocycles. The standard InChI is InChI=1S/C20H32N6O5/c1-5-6-7-31-20(28)24-14(12-29-3)10-22-16-8-15(21)17(19(27)30-4)18(25-16)13-9-23-26(2)11-13/h8-9,13-14H,5-7,10-12H2,1-4H3,(H,24,28)(H3,21,22,25)/t13?,14-/m1/s1. The lowest BCUT2D eigenvalue weighted by Crippen LogP contribution is -2.43. The second-order valence-corrected chi connectivity index (χ2v) is 7.23. The summed E-state index contributed by atoms with van der Waals surface area (Å²) in [5.41, 5.74) is 7.12. The molecule has 0 fully saturated rings. The summed E-state index contributed by atoms with van der Waals surface area (Å²) in [7, 11) is 4.68. The van der Waals surface area contributed by atoms with Crippen molar-refractivity contribution in [1.29, 1.82) is 0 Å². The number of unbranched alkanes of at least 4 members (excludes halogenated alkanes) is 1. The number of nitrogens with one attached hydrogen (secondary N) is 2. The molecule has 4 N–H and O–H groups in total. The molecule has 1 aliphatic heterocycles. The normalized spacial score (nSPS) is 16.1. The number of nitrogens with zero attached hydrogens (tertiary/aromatic N) is 3. The Morgan fingerprint density at radius 3 is 2.77 bits per heavy atom. The van der Waals surface area contributed by atoms with Gasteiger partial charge in [0.1, 0.15) is 11.4 Å². The Hall–Kier alpha value is -3.08. The molecule has 2 rings (SSSR count). The maximum atomic E-state index is 12.3. The van der Waals surface area contributed by atoms with Crippen molar-refractivity contribution in [2.45, 2.75) is 31.7 Å². The third-order valence-electron chi connectivity index (χ3n) is 4.67. The summed E-state index contributed by atoms with van der Waals surface area (Å²) >= 11 is 0. The van der Waals surface area contributed by atoms with Gasteiger partial charge in [0.2, 0.25) is 0 Å². The predicted molar refractivity (Wildman–Crippen MR) is 117 cm³/mol. The van der Waals surface area contributed by atoms with Crippen LogP contribution in [0.2, 0.25) is 0 Å². The van der Waals surface area contributed by atoms with Gasteiger partial charge in [0.25, 0.3) is 0 Å². The molecule has 1 unspecified atom stereocenters. The van der Waals surface area contributed by atoms with Gasteiger partial charge in [0.05, 0.1) is 43.7 Å². The molecular formula is C20H32N6O5. The zero-order valence-corrected chi connectivity index (χ0v) is 18.5. The van der Waals surface area contributed by atoms with Gasteiger partial charge in [0.15, 0.2) is 0 Å². The zero-order valence-electron chi connectivity index (χ0n) is 18.5. The number of esters is 1. The van der Waals surface area contributed by atoms with Crippen LogP contribution in [0.5, 0.6) is 0 Å². The number of nitrogens with two attached hydrogens (primary N) is 1. The first-order chi connectivity index (χ1) is 14.9. The van der Waals surface area contributed by atoms with Gasteiger partial charge in [-0.15, -0.1) is 0 Å². The van der Waals surface area contributed by atoms with Crippen LogP contribution in [0.15, 0.2) is 11.2 Å². The minimum atomic E-state index is -0.553. The molecule has 2 heterocycles. The van der Waals surface area contributed by atoms with Crippen molar-refractivity contribution in [3.05, 3.63) is 17.3 Å². The van der Waals surface area contributed by atoms with E-state index in [1.165, 1.54) is 7.11 Å². The quantitative estimate of drug-likeness (QED) is 0.347. The van der Waals surface area contributed by atoms with Gasteiger partial charge in [-0.2, -0.15) is 5.10 Å². The Morgan fingerprint density at radius 2 is 2.16 bits per heavy atom. The van der Waals surface area contributed by atoms with Crippen LogP contribution in [-0.2, 0) is 14.2 Å². The monoisotopic (exact) mass is 436 g/mol. The Kier molecular flexibility index (Phi) is 9.32. The molecule has 31 heavy (non-hydrogen) atoms. The topological polar surface area (TPSA) is 140 Å². The summed E-state index contributed by atoms with van der Waals surface area (Å²) in [6, 6.07) is 1.21. The predicted octanol–water partition coefficient (Wildman–Crippen LogP) is 1.42. The third kappa shape index (κ3) is 6.99. The number of hydrazone groups is 1. The summed E-state index contributed by atoms with van der Waals surface area (Å²) in [5, 5.41) is 11.9. The molecule has 1 aromatic rings. The maximum Gasteiger partial charge on any atom is 0.407 e. The maximum absolute atomic E-state index is 12.3. The van der Waals surface area contributed by atoms with Gasteiger partial charge in [0, 0.05) is 39.5 Å². The van der Waals surface area contributed by atoms with E-state index in [1.807, 2.05) is 14.0 Å². The van der Waals surface area contributed by atoms with E-state index >= 15 is 0 Å². The minimum Gasteiger partial charge on any atom is -0.465 e. The first-order valence-electron chi connectivity index (χ1n) is 10.2. The molecule has 0 aromatic carbocycles. The number of likely N-dealkylation sites (N-methyl/N-ethyl adjacent to an activating group) is 1. The molecule has 11 nitrogen and oxygen atoms in total. The number of anilines is 2. The number of ether oxygens (including phenoxy) is 3. The van der Waals surface area contributed by atoms with Crippen LogP contribution in [0, 0.1) is 0 Å². The molecule has 2 atom stereocenters. The summed E-state index contributed by atoms with van der Waals surface area (Å²) in [6.07, 6.45) is 2.96. The minimum absolute atomic E-state index is 0.204. The number of alkyl carbamates (subject to hydrolysis) is 1.